The molecule has 2 N–H and O–H groups in total. The van der Waals surface area contributed by atoms with Crippen LogP contribution in [0.3, 0.4) is 0 Å². The van der Waals surface area contributed by atoms with E-state index in [1.54, 1.807) is 29.2 Å². The second-order valence-electron chi connectivity index (χ2n) is 9.10. The maximum atomic E-state index is 14.0. The van der Waals surface area contributed by atoms with Crippen LogP contribution in [0.15, 0.2) is 60.8 Å². The van der Waals surface area contributed by atoms with Crippen LogP contribution in [0.5, 0.6) is 11.5 Å². The Morgan fingerprint density at radius 1 is 1.18 bits per heavy atom. The van der Waals surface area contributed by atoms with Crippen molar-refractivity contribution in [2.45, 2.75) is 32.1 Å². The molecule has 1 aliphatic rings. The molecule has 38 heavy (non-hydrogen) atoms. The summed E-state index contributed by atoms with van der Waals surface area (Å²) in [6, 6.07) is 14.3. The van der Waals surface area contributed by atoms with Gasteiger partial charge in [-0.05, 0) is 55.0 Å². The summed E-state index contributed by atoms with van der Waals surface area (Å²) in [5.74, 6) is 1.19. The number of benzene rings is 2. The number of nitrogens with two attached hydrogens (primary N) is 1. The van der Waals surface area contributed by atoms with Crippen molar-refractivity contribution in [2.75, 3.05) is 19.5 Å². The van der Waals surface area contributed by atoms with Gasteiger partial charge in [0.25, 0.3) is 5.91 Å². The Bertz CT molecular complexity index is 1510. The summed E-state index contributed by atoms with van der Waals surface area (Å²) < 4.78 is 50.6. The lowest BCUT2D eigenvalue weighted by Gasteiger charge is -2.36. The van der Waals surface area contributed by atoms with Crippen molar-refractivity contribution >= 4 is 22.6 Å². The number of pyridine rings is 2. The molecule has 4 aromatic rings. The van der Waals surface area contributed by atoms with E-state index in [0.29, 0.717) is 47.1 Å². The van der Waals surface area contributed by atoms with Gasteiger partial charge in [-0.2, -0.15) is 13.2 Å². The number of fused-ring (bicyclic) bond motifs is 2. The van der Waals surface area contributed by atoms with Crippen LogP contribution in [0.25, 0.3) is 10.9 Å². The summed E-state index contributed by atoms with van der Waals surface area (Å²) in [6.45, 7) is 2.17. The van der Waals surface area contributed by atoms with Crippen molar-refractivity contribution in [1.29, 1.82) is 0 Å². The third-order valence-corrected chi connectivity index (χ3v) is 6.64. The maximum Gasteiger partial charge on any atom is 0.417 e. The van der Waals surface area contributed by atoms with Gasteiger partial charge in [0.2, 0.25) is 0 Å². The minimum absolute atomic E-state index is 0.00462. The second-order valence-corrected chi connectivity index (χ2v) is 9.10. The summed E-state index contributed by atoms with van der Waals surface area (Å²) in [6.07, 6.45) is -3.23. The quantitative estimate of drug-likeness (QED) is 0.361. The standard InChI is InChI=1S/C28H25F3N4O3/c1-16-12-18-13-17(6-9-22(18)34-26(16)32)27(36)35(15-20-8-7-19(14-33-20)28(29,30)31)23-10-11-38-25-21(23)4-3-5-24(25)37-2/h3-9,12-14,23H,10-11,15H2,1-2H3,(H2,32,34). The van der Waals surface area contributed by atoms with Gasteiger partial charge in [-0.15, -0.1) is 0 Å². The van der Waals surface area contributed by atoms with Gasteiger partial charge >= 0.3 is 6.18 Å². The Kier molecular flexibility index (Phi) is 6.56. The first kappa shape index (κ1) is 25.3. The molecule has 0 radical (unpaired) electrons. The number of alkyl halides is 3. The van der Waals surface area contributed by atoms with Crippen molar-refractivity contribution in [1.82, 2.24) is 14.9 Å². The summed E-state index contributed by atoms with van der Waals surface area (Å²) in [5.41, 5.74) is 8.02. The number of carbonyl (C=O) groups excluding carboxylic acids is 1. The molecule has 0 spiro atoms. The van der Waals surface area contributed by atoms with Crippen LogP contribution in [-0.2, 0) is 12.7 Å². The first-order chi connectivity index (χ1) is 18.2. The summed E-state index contributed by atoms with van der Waals surface area (Å²) in [7, 11) is 1.54. The maximum absolute atomic E-state index is 14.0. The molecule has 2 aromatic heterocycles. The molecule has 1 amide bonds. The van der Waals surface area contributed by atoms with E-state index >= 15 is 0 Å². The average molecular weight is 523 g/mol. The molecule has 5 rings (SSSR count). The largest absolute Gasteiger partial charge is 0.493 e. The van der Waals surface area contributed by atoms with E-state index in [9.17, 15) is 18.0 Å². The Balaban J connectivity index is 1.57. The Labute approximate surface area is 217 Å². The van der Waals surface area contributed by atoms with Crippen molar-refractivity contribution in [3.63, 3.8) is 0 Å². The highest BCUT2D eigenvalue weighted by Gasteiger charge is 2.34. The molecule has 0 bridgehead atoms. The van der Waals surface area contributed by atoms with Crippen LogP contribution < -0.4 is 15.2 Å². The number of rotatable bonds is 5. The molecule has 0 fully saturated rings. The van der Waals surface area contributed by atoms with E-state index in [-0.39, 0.29) is 12.5 Å². The molecular formula is C28H25F3N4O3. The molecule has 0 saturated heterocycles. The Morgan fingerprint density at radius 2 is 2.00 bits per heavy atom. The highest BCUT2D eigenvalue weighted by Crippen LogP contribution is 2.43. The van der Waals surface area contributed by atoms with Crippen LogP contribution in [0.4, 0.5) is 19.0 Å². The number of carbonyl (C=O) groups is 1. The number of amides is 1. The number of hydrogen-bond donors (Lipinski definition) is 1. The van der Waals surface area contributed by atoms with Gasteiger partial charge in [-0.3, -0.25) is 9.78 Å². The normalized spacial score (nSPS) is 15.0. The molecule has 1 aliphatic heterocycles. The molecular weight excluding hydrogens is 497 g/mol. The minimum Gasteiger partial charge on any atom is -0.493 e. The van der Waals surface area contributed by atoms with Crippen molar-refractivity contribution in [3.05, 3.63) is 88.7 Å². The summed E-state index contributed by atoms with van der Waals surface area (Å²) in [5, 5.41) is 0.754. The molecule has 0 saturated carbocycles. The van der Waals surface area contributed by atoms with Gasteiger partial charge in [0, 0.05) is 29.1 Å². The highest BCUT2D eigenvalue weighted by molar-refractivity contribution is 5.98. The fourth-order valence-electron chi connectivity index (χ4n) is 4.64. The van der Waals surface area contributed by atoms with Gasteiger partial charge in [0.1, 0.15) is 5.82 Å². The van der Waals surface area contributed by atoms with Crippen LogP contribution in [-0.4, -0.2) is 34.5 Å². The van der Waals surface area contributed by atoms with Gasteiger partial charge < -0.3 is 20.1 Å². The number of nitrogens with zero attached hydrogens (tertiary/aromatic N) is 3. The zero-order valence-electron chi connectivity index (χ0n) is 20.7. The van der Waals surface area contributed by atoms with E-state index in [2.05, 4.69) is 9.97 Å². The Morgan fingerprint density at radius 3 is 2.71 bits per heavy atom. The molecule has 2 aromatic carbocycles. The Hall–Kier alpha value is -4.34. The SMILES string of the molecule is COc1cccc2c1OCCC2N(Cc1ccc(C(F)(F)F)cn1)C(=O)c1ccc2nc(N)c(C)cc2c1. The molecule has 3 heterocycles. The average Bonchev–Trinajstić information content (AvgIpc) is 2.91. The number of halogens is 3. The first-order valence-electron chi connectivity index (χ1n) is 12.0. The number of anilines is 1. The van der Waals surface area contributed by atoms with Gasteiger partial charge in [0.05, 0.1) is 43.1 Å². The predicted octanol–water partition coefficient (Wildman–Crippen LogP) is 5.71. The van der Waals surface area contributed by atoms with Crippen LogP contribution in [0, 0.1) is 6.92 Å². The monoisotopic (exact) mass is 522 g/mol. The smallest absolute Gasteiger partial charge is 0.417 e. The zero-order valence-corrected chi connectivity index (χ0v) is 20.7. The lowest BCUT2D eigenvalue weighted by molar-refractivity contribution is -0.137. The summed E-state index contributed by atoms with van der Waals surface area (Å²) >= 11 is 0. The number of methoxy groups -OCH3 is 1. The number of ether oxygens (including phenoxy) is 2. The molecule has 0 aliphatic carbocycles. The molecule has 7 nitrogen and oxygen atoms in total. The van der Waals surface area contributed by atoms with Crippen molar-refractivity contribution in [2.24, 2.45) is 0 Å². The van der Waals surface area contributed by atoms with Crippen LogP contribution in [0.1, 0.15) is 45.2 Å². The van der Waals surface area contributed by atoms with Gasteiger partial charge in [0.15, 0.2) is 11.5 Å². The number of para-hydroxylation sites is 1. The topological polar surface area (TPSA) is 90.6 Å². The lowest BCUT2D eigenvalue weighted by Crippen LogP contribution is -2.37. The van der Waals surface area contributed by atoms with Gasteiger partial charge in [-0.25, -0.2) is 4.98 Å². The van der Waals surface area contributed by atoms with Crippen molar-refractivity contribution in [3.8, 4) is 11.5 Å². The third-order valence-electron chi connectivity index (χ3n) is 6.64. The van der Waals surface area contributed by atoms with Crippen LogP contribution >= 0.6 is 0 Å². The van der Waals surface area contributed by atoms with Crippen molar-refractivity contribution < 1.29 is 27.4 Å². The molecule has 1 atom stereocenters. The van der Waals surface area contributed by atoms with E-state index in [1.165, 1.54) is 13.2 Å². The van der Waals surface area contributed by atoms with E-state index in [1.807, 2.05) is 25.1 Å². The zero-order chi connectivity index (χ0) is 27.0. The number of aromatic nitrogens is 2. The van der Waals surface area contributed by atoms with Gasteiger partial charge in [-0.1, -0.05) is 12.1 Å². The second kappa shape index (κ2) is 9.85. The first-order valence-corrected chi connectivity index (χ1v) is 12.0. The number of aryl methyl sites for hydroxylation is 1. The third kappa shape index (κ3) is 4.81. The number of nitrogen functional groups attached to an aromatic ring is 1. The number of hydrogen-bond acceptors (Lipinski definition) is 6. The molecule has 196 valence electrons. The summed E-state index contributed by atoms with van der Waals surface area (Å²) in [4.78, 5) is 24.1. The fraction of sp³-hybridized carbons (Fsp3) is 0.250. The van der Waals surface area contributed by atoms with Crippen LogP contribution in [0.2, 0.25) is 0 Å². The van der Waals surface area contributed by atoms with E-state index in [0.717, 1.165) is 28.8 Å². The fourth-order valence-corrected chi connectivity index (χ4v) is 4.64. The lowest BCUT2D eigenvalue weighted by atomic mass is 9.96. The van der Waals surface area contributed by atoms with E-state index in [4.69, 9.17) is 15.2 Å². The predicted molar refractivity (Wildman–Crippen MR) is 136 cm³/mol. The molecule has 10 heteroatoms. The molecule has 1 unspecified atom stereocenters. The minimum atomic E-state index is -4.50. The highest BCUT2D eigenvalue weighted by atomic mass is 19.4. The van der Waals surface area contributed by atoms with E-state index < -0.39 is 17.8 Å².